The fraction of sp³-hybridized carbons (Fsp3) is 0.436. The zero-order valence-corrected chi connectivity index (χ0v) is 28.3. The van der Waals surface area contributed by atoms with E-state index in [0.717, 1.165) is 35.0 Å². The molecule has 2 unspecified atom stereocenters. The summed E-state index contributed by atoms with van der Waals surface area (Å²) >= 11 is 1.25. The minimum Gasteiger partial charge on any atom is -0.477 e. The Kier molecular flexibility index (Phi) is 12.5. The summed E-state index contributed by atoms with van der Waals surface area (Å²) in [6.07, 6.45) is 13.4. The molecule has 5 nitrogen and oxygen atoms in total. The van der Waals surface area contributed by atoms with Crippen LogP contribution in [0.2, 0.25) is 0 Å². The third-order valence-electron chi connectivity index (χ3n) is 9.12. The molecule has 1 N–H and O–H groups in total. The van der Waals surface area contributed by atoms with Gasteiger partial charge in [0.05, 0.1) is 11.7 Å². The first kappa shape index (κ1) is 34.1. The van der Waals surface area contributed by atoms with Crippen molar-refractivity contribution < 1.29 is 9.90 Å². The van der Waals surface area contributed by atoms with Crippen LogP contribution in [0.4, 0.5) is 0 Å². The molecule has 0 radical (unpaired) electrons. The SMILES string of the molecule is CCCCC(CC)Cc1cc(C)cc(CC(CC)CCCC)c1-c1ccc(-c2ccc(/C=C(\C#N)C(=O)O)cc2)c2nsnc12. The van der Waals surface area contributed by atoms with Gasteiger partial charge in [-0.15, -0.1) is 0 Å². The number of aryl methyl sites for hydroxylation is 1. The van der Waals surface area contributed by atoms with E-state index in [0.29, 0.717) is 17.4 Å². The number of aromatic nitrogens is 2. The Hall–Kier alpha value is -3.82. The summed E-state index contributed by atoms with van der Waals surface area (Å²) in [4.78, 5) is 11.3. The predicted octanol–water partition coefficient (Wildman–Crippen LogP) is 10.8. The Balaban J connectivity index is 1.84. The number of fused-ring (bicyclic) bond motifs is 1. The Labute approximate surface area is 273 Å². The average molecular weight is 622 g/mol. The molecule has 4 rings (SSSR count). The fourth-order valence-corrected chi connectivity index (χ4v) is 7.06. The number of carboxylic acids is 1. The van der Waals surface area contributed by atoms with Crippen molar-refractivity contribution in [1.29, 1.82) is 5.26 Å². The standard InChI is InChI=1S/C39H47N3O2S/c1-6-10-12-27(8-3)22-31-20-26(5)21-32(23-28(9-4)13-11-7-2)36(31)35-19-18-34(37-38(35)42-45-41-37)30-16-14-29(15-17-30)24-33(25-40)39(43)44/h14-21,24,27-28H,6-13,22-23H2,1-5H3,(H,43,44)/b33-24+. The van der Waals surface area contributed by atoms with Gasteiger partial charge >= 0.3 is 5.97 Å². The molecule has 236 valence electrons. The number of unbranched alkanes of at least 4 members (excludes halogenated alkanes) is 2. The number of nitrogens with zero attached hydrogens (tertiary/aromatic N) is 3. The molecule has 0 saturated carbocycles. The van der Waals surface area contributed by atoms with E-state index in [1.807, 2.05) is 24.3 Å². The lowest BCUT2D eigenvalue weighted by molar-refractivity contribution is -0.132. The van der Waals surface area contributed by atoms with Crippen molar-refractivity contribution in [1.82, 2.24) is 8.75 Å². The van der Waals surface area contributed by atoms with Gasteiger partial charge in [-0.2, -0.15) is 14.0 Å². The topological polar surface area (TPSA) is 86.9 Å². The van der Waals surface area contributed by atoms with Crippen molar-refractivity contribution in [2.24, 2.45) is 11.8 Å². The highest BCUT2D eigenvalue weighted by Gasteiger charge is 2.22. The number of carboxylic acid groups (broad SMARTS) is 1. The van der Waals surface area contributed by atoms with Crippen LogP contribution in [-0.2, 0) is 17.6 Å². The van der Waals surface area contributed by atoms with Gasteiger partial charge in [-0.25, -0.2) is 4.79 Å². The molecule has 0 aliphatic heterocycles. The summed E-state index contributed by atoms with van der Waals surface area (Å²) in [5.74, 6) is 0.0754. The molecule has 0 fully saturated rings. The van der Waals surface area contributed by atoms with E-state index in [-0.39, 0.29) is 5.57 Å². The highest BCUT2D eigenvalue weighted by atomic mass is 32.1. The van der Waals surface area contributed by atoms with Gasteiger partial charge in [-0.05, 0) is 65.5 Å². The number of aliphatic carboxylic acids is 1. The minimum absolute atomic E-state index is 0.289. The van der Waals surface area contributed by atoms with Crippen molar-refractivity contribution in [2.75, 3.05) is 0 Å². The second kappa shape index (κ2) is 16.5. The average Bonchev–Trinajstić information content (AvgIpc) is 3.54. The molecule has 4 aromatic rings. The molecular formula is C39H47N3O2S. The quantitative estimate of drug-likeness (QED) is 0.0993. The maximum atomic E-state index is 11.3. The third kappa shape index (κ3) is 8.47. The van der Waals surface area contributed by atoms with Gasteiger partial charge in [-0.3, -0.25) is 0 Å². The summed E-state index contributed by atoms with van der Waals surface area (Å²) in [7, 11) is 0. The molecule has 3 aromatic carbocycles. The van der Waals surface area contributed by atoms with Gasteiger partial charge in [0, 0.05) is 11.1 Å². The summed E-state index contributed by atoms with van der Waals surface area (Å²) < 4.78 is 9.69. The molecule has 1 aromatic heterocycles. The largest absolute Gasteiger partial charge is 0.477 e. The lowest BCUT2D eigenvalue weighted by atomic mass is 9.81. The van der Waals surface area contributed by atoms with Crippen LogP contribution >= 0.6 is 11.7 Å². The minimum atomic E-state index is -1.23. The van der Waals surface area contributed by atoms with Crippen molar-refractivity contribution in [3.8, 4) is 28.3 Å². The Morgan fingerprint density at radius 2 is 1.40 bits per heavy atom. The first-order valence-corrected chi connectivity index (χ1v) is 17.4. The summed E-state index contributed by atoms with van der Waals surface area (Å²) in [5, 5.41) is 18.4. The molecule has 45 heavy (non-hydrogen) atoms. The van der Waals surface area contributed by atoms with E-state index in [1.165, 1.54) is 97.0 Å². The van der Waals surface area contributed by atoms with Crippen LogP contribution in [0.3, 0.4) is 0 Å². The number of rotatable bonds is 16. The highest BCUT2D eigenvalue weighted by Crippen LogP contribution is 2.40. The number of hydrogen-bond acceptors (Lipinski definition) is 5. The van der Waals surface area contributed by atoms with Crippen LogP contribution in [-0.4, -0.2) is 19.8 Å². The number of nitriles is 1. The van der Waals surface area contributed by atoms with Gasteiger partial charge in [0.15, 0.2) is 0 Å². The number of carbonyl (C=O) groups is 1. The molecule has 0 amide bonds. The van der Waals surface area contributed by atoms with Crippen LogP contribution in [0, 0.1) is 30.1 Å². The second-order valence-electron chi connectivity index (χ2n) is 12.4. The van der Waals surface area contributed by atoms with Crippen LogP contribution in [0.1, 0.15) is 101 Å². The maximum absolute atomic E-state index is 11.3. The zero-order chi connectivity index (χ0) is 32.3. The highest BCUT2D eigenvalue weighted by molar-refractivity contribution is 7.00. The molecule has 0 spiro atoms. The molecule has 0 saturated heterocycles. The molecule has 0 aliphatic rings. The summed E-state index contributed by atoms with van der Waals surface area (Å²) in [5.41, 5.74) is 10.9. The van der Waals surface area contributed by atoms with Gasteiger partial charge in [0.1, 0.15) is 22.7 Å². The van der Waals surface area contributed by atoms with Crippen molar-refractivity contribution >= 4 is 34.8 Å². The van der Waals surface area contributed by atoms with Crippen molar-refractivity contribution in [3.63, 3.8) is 0 Å². The molecule has 2 atom stereocenters. The molecule has 6 heteroatoms. The zero-order valence-electron chi connectivity index (χ0n) is 27.5. The molecule has 0 bridgehead atoms. The predicted molar refractivity (Wildman–Crippen MR) is 188 cm³/mol. The van der Waals surface area contributed by atoms with Gasteiger partial charge in [0.2, 0.25) is 0 Å². The lowest BCUT2D eigenvalue weighted by Gasteiger charge is -2.23. The lowest BCUT2D eigenvalue weighted by Crippen LogP contribution is -2.10. The molecule has 1 heterocycles. The van der Waals surface area contributed by atoms with Gasteiger partial charge in [0.25, 0.3) is 0 Å². The van der Waals surface area contributed by atoms with E-state index in [9.17, 15) is 9.90 Å². The smallest absolute Gasteiger partial charge is 0.346 e. The third-order valence-corrected chi connectivity index (χ3v) is 9.65. The van der Waals surface area contributed by atoms with Crippen molar-refractivity contribution in [2.45, 2.75) is 98.8 Å². The monoisotopic (exact) mass is 621 g/mol. The summed E-state index contributed by atoms with van der Waals surface area (Å²) in [6, 6.07) is 18.6. The first-order valence-electron chi connectivity index (χ1n) is 16.7. The van der Waals surface area contributed by atoms with E-state index in [1.54, 1.807) is 6.07 Å². The van der Waals surface area contributed by atoms with Crippen LogP contribution in [0.5, 0.6) is 0 Å². The van der Waals surface area contributed by atoms with Gasteiger partial charge in [-0.1, -0.05) is 133 Å². The van der Waals surface area contributed by atoms with E-state index in [4.69, 9.17) is 14.0 Å². The first-order chi connectivity index (χ1) is 21.8. The normalized spacial score (nSPS) is 13.1. The second-order valence-corrected chi connectivity index (χ2v) is 12.9. The van der Waals surface area contributed by atoms with Crippen LogP contribution in [0.15, 0.2) is 54.1 Å². The maximum Gasteiger partial charge on any atom is 0.346 e. The Morgan fingerprint density at radius 1 is 0.867 bits per heavy atom. The van der Waals surface area contributed by atoms with E-state index >= 15 is 0 Å². The van der Waals surface area contributed by atoms with E-state index < -0.39 is 5.97 Å². The van der Waals surface area contributed by atoms with Crippen molar-refractivity contribution in [3.05, 3.63) is 76.4 Å². The van der Waals surface area contributed by atoms with E-state index in [2.05, 4.69) is 58.9 Å². The van der Waals surface area contributed by atoms with Gasteiger partial charge < -0.3 is 5.11 Å². The number of hydrogen-bond donors (Lipinski definition) is 1. The summed E-state index contributed by atoms with van der Waals surface area (Å²) in [6.45, 7) is 11.5. The molecular weight excluding hydrogens is 575 g/mol. The Morgan fingerprint density at radius 3 is 1.89 bits per heavy atom. The Bertz CT molecular complexity index is 1620. The molecule has 0 aliphatic carbocycles. The fourth-order valence-electron chi connectivity index (χ4n) is 6.49. The van der Waals surface area contributed by atoms with Crippen LogP contribution < -0.4 is 0 Å². The number of benzene rings is 3. The van der Waals surface area contributed by atoms with Crippen LogP contribution in [0.25, 0.3) is 39.4 Å².